The molecule has 0 spiro atoms. The zero-order valence-electron chi connectivity index (χ0n) is 18.9. The molecule has 2 N–H and O–H groups in total. The van der Waals surface area contributed by atoms with E-state index in [2.05, 4.69) is 23.5 Å². The summed E-state index contributed by atoms with van der Waals surface area (Å²) in [5.41, 5.74) is 4.78. The van der Waals surface area contributed by atoms with Crippen molar-refractivity contribution < 1.29 is 24.1 Å². The van der Waals surface area contributed by atoms with Gasteiger partial charge >= 0.3 is 0 Å². The number of aliphatic hydroxyl groups excluding tert-OH is 1. The lowest BCUT2D eigenvalue weighted by molar-refractivity contribution is 0.0700. The van der Waals surface area contributed by atoms with Crippen molar-refractivity contribution in [1.82, 2.24) is 4.90 Å². The highest BCUT2D eigenvalue weighted by Gasteiger charge is 2.46. The monoisotopic (exact) mass is 458 g/mol. The quantitative estimate of drug-likeness (QED) is 0.613. The molecule has 174 valence electrons. The van der Waals surface area contributed by atoms with Gasteiger partial charge in [-0.25, -0.2) is 0 Å². The van der Waals surface area contributed by atoms with Gasteiger partial charge in [-0.05, 0) is 65.6 Å². The van der Waals surface area contributed by atoms with E-state index in [-0.39, 0.29) is 37.3 Å². The van der Waals surface area contributed by atoms with Gasteiger partial charge in [-0.2, -0.15) is 0 Å². The minimum atomic E-state index is -0.121. The van der Waals surface area contributed by atoms with Gasteiger partial charge in [0.05, 0.1) is 25.8 Å². The summed E-state index contributed by atoms with van der Waals surface area (Å²) >= 11 is 0. The summed E-state index contributed by atoms with van der Waals surface area (Å²) in [5.74, 6) is 2.16. The van der Waals surface area contributed by atoms with Crippen LogP contribution in [0.4, 0.5) is 5.69 Å². The van der Waals surface area contributed by atoms with E-state index in [9.17, 15) is 9.90 Å². The average Bonchev–Trinajstić information content (AvgIpc) is 3.55. The lowest BCUT2D eigenvalue weighted by Gasteiger charge is -2.39. The van der Waals surface area contributed by atoms with E-state index in [1.807, 2.05) is 29.2 Å². The van der Waals surface area contributed by atoms with Gasteiger partial charge in [0.1, 0.15) is 5.75 Å². The largest absolute Gasteiger partial charge is 0.497 e. The molecule has 6 rings (SSSR count). The fourth-order valence-electron chi connectivity index (χ4n) is 5.45. The molecule has 1 fully saturated rings. The van der Waals surface area contributed by atoms with Gasteiger partial charge in [0.25, 0.3) is 5.91 Å². The van der Waals surface area contributed by atoms with Crippen LogP contribution in [-0.4, -0.2) is 49.0 Å². The number of aliphatic hydroxyl groups is 1. The number of hydrogen-bond donors (Lipinski definition) is 2. The Morgan fingerprint density at radius 3 is 2.65 bits per heavy atom. The Hall–Kier alpha value is -3.71. The van der Waals surface area contributed by atoms with Crippen LogP contribution in [0.2, 0.25) is 0 Å². The predicted molar refractivity (Wildman–Crippen MR) is 127 cm³/mol. The van der Waals surface area contributed by atoms with Crippen LogP contribution in [0.5, 0.6) is 17.2 Å². The number of likely N-dealkylation sites (tertiary alicyclic amines) is 1. The predicted octanol–water partition coefficient (Wildman–Crippen LogP) is 4.08. The number of methoxy groups -OCH3 is 1. The van der Waals surface area contributed by atoms with Crippen molar-refractivity contribution >= 4 is 11.6 Å². The summed E-state index contributed by atoms with van der Waals surface area (Å²) in [4.78, 5) is 15.6. The van der Waals surface area contributed by atoms with E-state index >= 15 is 0 Å². The number of carbonyl (C=O) groups is 1. The molecule has 1 saturated heterocycles. The van der Waals surface area contributed by atoms with Gasteiger partial charge in [0, 0.05) is 23.7 Å². The van der Waals surface area contributed by atoms with Gasteiger partial charge in [0.2, 0.25) is 6.79 Å². The summed E-state index contributed by atoms with van der Waals surface area (Å²) in [7, 11) is 1.66. The molecule has 7 nitrogen and oxygen atoms in total. The Balaban J connectivity index is 1.38. The average molecular weight is 459 g/mol. The summed E-state index contributed by atoms with van der Waals surface area (Å²) in [5, 5.41) is 13.6. The van der Waals surface area contributed by atoms with E-state index in [4.69, 9.17) is 14.2 Å². The molecule has 0 radical (unpaired) electrons. The molecule has 0 bridgehead atoms. The Morgan fingerprint density at radius 2 is 1.85 bits per heavy atom. The van der Waals surface area contributed by atoms with E-state index in [0.717, 1.165) is 34.5 Å². The highest BCUT2D eigenvalue weighted by Crippen LogP contribution is 2.48. The molecule has 0 saturated carbocycles. The first-order valence-corrected chi connectivity index (χ1v) is 11.5. The van der Waals surface area contributed by atoms with Gasteiger partial charge in [-0.1, -0.05) is 18.2 Å². The molecule has 3 aliphatic rings. The van der Waals surface area contributed by atoms with Crippen molar-refractivity contribution in [2.75, 3.05) is 32.4 Å². The minimum absolute atomic E-state index is 0.0207. The van der Waals surface area contributed by atoms with Crippen molar-refractivity contribution in [2.24, 2.45) is 5.92 Å². The number of rotatable bonds is 4. The van der Waals surface area contributed by atoms with E-state index < -0.39 is 0 Å². The molecule has 0 aliphatic carbocycles. The third kappa shape index (κ3) is 3.35. The molecule has 1 amide bonds. The van der Waals surface area contributed by atoms with Gasteiger partial charge in [0.15, 0.2) is 11.5 Å². The summed E-state index contributed by atoms with van der Waals surface area (Å²) in [6.07, 6.45) is 0.825. The van der Waals surface area contributed by atoms with Crippen LogP contribution in [0.25, 0.3) is 11.1 Å². The molecule has 3 aromatic carbocycles. The highest BCUT2D eigenvalue weighted by atomic mass is 16.7. The molecule has 0 unspecified atom stereocenters. The van der Waals surface area contributed by atoms with E-state index in [1.54, 1.807) is 25.3 Å². The number of amides is 1. The molecule has 0 aromatic heterocycles. The number of nitrogens with one attached hydrogen (secondary N) is 1. The zero-order valence-corrected chi connectivity index (χ0v) is 18.9. The van der Waals surface area contributed by atoms with Crippen LogP contribution < -0.4 is 19.5 Å². The minimum Gasteiger partial charge on any atom is -0.497 e. The maximum absolute atomic E-state index is 13.7. The van der Waals surface area contributed by atoms with Crippen molar-refractivity contribution in [2.45, 2.75) is 18.5 Å². The first kappa shape index (κ1) is 20.9. The molecule has 3 aliphatic heterocycles. The number of ether oxygens (including phenoxy) is 3. The van der Waals surface area contributed by atoms with Crippen LogP contribution in [-0.2, 0) is 0 Å². The standard InChI is InChI=1S/C27H26N2O5/c1-32-19-6-2-16(3-7-19)17-4-8-22-21(12-17)26-20(23(14-30)28-22)10-11-29(26)27(31)18-5-9-24-25(13-18)34-15-33-24/h2-9,12-13,20,23,26,28,30H,10-11,14-15H2,1H3/t20-,23-,26-/m0/s1. The highest BCUT2D eigenvalue weighted by molar-refractivity contribution is 5.95. The number of hydrogen-bond acceptors (Lipinski definition) is 6. The molecule has 7 heteroatoms. The summed E-state index contributed by atoms with van der Waals surface area (Å²) < 4.78 is 16.2. The van der Waals surface area contributed by atoms with Crippen LogP contribution in [0.15, 0.2) is 60.7 Å². The van der Waals surface area contributed by atoms with Gasteiger partial charge < -0.3 is 29.5 Å². The Morgan fingerprint density at radius 1 is 1.06 bits per heavy atom. The van der Waals surface area contributed by atoms with Gasteiger partial charge in [-0.15, -0.1) is 0 Å². The first-order chi connectivity index (χ1) is 16.7. The number of nitrogens with zero attached hydrogens (tertiary/aromatic N) is 1. The number of carbonyl (C=O) groups excluding carboxylic acids is 1. The molecule has 3 aromatic rings. The smallest absolute Gasteiger partial charge is 0.254 e. The third-order valence-corrected chi connectivity index (χ3v) is 7.17. The second-order valence-electron chi connectivity index (χ2n) is 8.93. The number of benzene rings is 3. The first-order valence-electron chi connectivity index (χ1n) is 11.5. The van der Waals surface area contributed by atoms with Crippen LogP contribution >= 0.6 is 0 Å². The second-order valence-corrected chi connectivity index (χ2v) is 8.93. The van der Waals surface area contributed by atoms with E-state index in [1.165, 1.54) is 0 Å². The van der Waals surface area contributed by atoms with Crippen molar-refractivity contribution in [3.05, 3.63) is 71.8 Å². The second kappa shape index (κ2) is 8.25. The Kier molecular flexibility index (Phi) is 5.07. The molecule has 3 atom stereocenters. The number of anilines is 1. The van der Waals surface area contributed by atoms with Crippen LogP contribution in [0, 0.1) is 5.92 Å². The zero-order chi connectivity index (χ0) is 23.2. The van der Waals surface area contributed by atoms with Crippen LogP contribution in [0.3, 0.4) is 0 Å². The fourth-order valence-corrected chi connectivity index (χ4v) is 5.45. The number of fused-ring (bicyclic) bond motifs is 4. The molecular weight excluding hydrogens is 432 g/mol. The maximum Gasteiger partial charge on any atom is 0.254 e. The lowest BCUT2D eigenvalue weighted by atomic mass is 9.82. The van der Waals surface area contributed by atoms with E-state index in [0.29, 0.717) is 23.6 Å². The normalized spacial score (nSPS) is 22.1. The lowest BCUT2D eigenvalue weighted by Crippen LogP contribution is -2.42. The topological polar surface area (TPSA) is 80.3 Å². The van der Waals surface area contributed by atoms with Gasteiger partial charge in [-0.3, -0.25) is 4.79 Å². The Bertz CT molecular complexity index is 1240. The third-order valence-electron chi connectivity index (χ3n) is 7.17. The Labute approximate surface area is 197 Å². The molecule has 3 heterocycles. The molecular formula is C27H26N2O5. The fraction of sp³-hybridized carbons (Fsp3) is 0.296. The van der Waals surface area contributed by atoms with Crippen molar-refractivity contribution in [3.8, 4) is 28.4 Å². The summed E-state index contributed by atoms with van der Waals surface area (Å²) in [6.45, 7) is 0.826. The van der Waals surface area contributed by atoms with Crippen LogP contribution in [0.1, 0.15) is 28.4 Å². The van der Waals surface area contributed by atoms with Crippen molar-refractivity contribution in [3.63, 3.8) is 0 Å². The van der Waals surface area contributed by atoms with Crippen molar-refractivity contribution in [1.29, 1.82) is 0 Å². The molecule has 34 heavy (non-hydrogen) atoms. The maximum atomic E-state index is 13.7. The summed E-state index contributed by atoms with van der Waals surface area (Å²) in [6, 6.07) is 19.4. The SMILES string of the molecule is COc1ccc(-c2ccc3c(c2)[C@@H]2[C@@H](CCN2C(=O)c2ccc4c(c2)OCO4)[C@H](CO)N3)cc1.